The smallest absolute Gasteiger partial charge is 0.255 e. The van der Waals surface area contributed by atoms with E-state index >= 15 is 0 Å². The molecule has 2 rings (SSSR count). The van der Waals surface area contributed by atoms with Gasteiger partial charge in [0.15, 0.2) is 0 Å². The van der Waals surface area contributed by atoms with Crippen LogP contribution in [0.3, 0.4) is 0 Å². The lowest BCUT2D eigenvalue weighted by Crippen LogP contribution is -2.13. The third-order valence-electron chi connectivity index (χ3n) is 3.61. The molecule has 2 aromatic carbocycles. The standard InChI is InChI=1S/C20H23FN2O4/c1-25-9-10-26-19-4-2-3-17(11-19)23-20(24)16-5-7-18(8-6-16)27-14-15(12-21)13-22/h2-8,11-12H,9-10,13-14,22H2,1H3,(H,23,24). The van der Waals surface area contributed by atoms with Crippen molar-refractivity contribution in [3.8, 4) is 11.5 Å². The van der Waals surface area contributed by atoms with E-state index < -0.39 is 0 Å². The van der Waals surface area contributed by atoms with E-state index in [0.29, 0.717) is 47.9 Å². The van der Waals surface area contributed by atoms with Gasteiger partial charge in [-0.3, -0.25) is 4.79 Å². The number of carbonyl (C=O) groups is 1. The third kappa shape index (κ3) is 6.73. The Morgan fingerprint density at radius 3 is 2.56 bits per heavy atom. The number of anilines is 1. The summed E-state index contributed by atoms with van der Waals surface area (Å²) in [4.78, 5) is 12.4. The summed E-state index contributed by atoms with van der Waals surface area (Å²) in [7, 11) is 1.60. The highest BCUT2D eigenvalue weighted by Crippen LogP contribution is 2.19. The van der Waals surface area contributed by atoms with E-state index in [0.717, 1.165) is 0 Å². The molecule has 3 N–H and O–H groups in total. The van der Waals surface area contributed by atoms with Crippen LogP contribution in [0.4, 0.5) is 10.1 Å². The van der Waals surface area contributed by atoms with Gasteiger partial charge in [0.05, 0.1) is 12.9 Å². The van der Waals surface area contributed by atoms with Crippen molar-refractivity contribution >= 4 is 11.6 Å². The van der Waals surface area contributed by atoms with Gasteiger partial charge in [-0.2, -0.15) is 0 Å². The zero-order chi connectivity index (χ0) is 19.5. The zero-order valence-electron chi connectivity index (χ0n) is 15.1. The molecular weight excluding hydrogens is 351 g/mol. The van der Waals surface area contributed by atoms with Crippen molar-refractivity contribution in [1.82, 2.24) is 0 Å². The molecule has 0 heterocycles. The average molecular weight is 374 g/mol. The molecular formula is C20H23FN2O4. The van der Waals surface area contributed by atoms with Crippen LogP contribution in [-0.4, -0.2) is 39.4 Å². The van der Waals surface area contributed by atoms with Gasteiger partial charge in [-0.15, -0.1) is 0 Å². The molecule has 1 amide bonds. The van der Waals surface area contributed by atoms with Crippen molar-refractivity contribution in [2.45, 2.75) is 0 Å². The number of rotatable bonds is 10. The quantitative estimate of drug-likeness (QED) is 0.624. The molecule has 0 atom stereocenters. The van der Waals surface area contributed by atoms with Crippen molar-refractivity contribution in [3.63, 3.8) is 0 Å². The Morgan fingerprint density at radius 1 is 1.11 bits per heavy atom. The lowest BCUT2D eigenvalue weighted by Gasteiger charge is -2.10. The topological polar surface area (TPSA) is 82.8 Å². The van der Waals surface area contributed by atoms with E-state index in [-0.39, 0.29) is 19.1 Å². The summed E-state index contributed by atoms with van der Waals surface area (Å²) < 4.78 is 28.3. The molecule has 27 heavy (non-hydrogen) atoms. The van der Waals surface area contributed by atoms with Crippen LogP contribution in [0.25, 0.3) is 0 Å². The van der Waals surface area contributed by atoms with E-state index in [4.69, 9.17) is 19.9 Å². The van der Waals surface area contributed by atoms with E-state index in [1.165, 1.54) is 0 Å². The van der Waals surface area contributed by atoms with Gasteiger partial charge in [-0.25, -0.2) is 4.39 Å². The molecule has 0 fully saturated rings. The number of nitrogens with two attached hydrogens (primary N) is 1. The highest BCUT2D eigenvalue weighted by molar-refractivity contribution is 6.04. The monoisotopic (exact) mass is 374 g/mol. The number of hydrogen-bond donors (Lipinski definition) is 2. The molecule has 6 nitrogen and oxygen atoms in total. The summed E-state index contributed by atoms with van der Waals surface area (Å²) in [5.41, 5.74) is 6.81. The third-order valence-corrected chi connectivity index (χ3v) is 3.61. The van der Waals surface area contributed by atoms with Crippen molar-refractivity contribution in [1.29, 1.82) is 0 Å². The molecule has 7 heteroatoms. The van der Waals surface area contributed by atoms with E-state index in [1.54, 1.807) is 55.6 Å². The first kappa shape index (κ1) is 20.4. The summed E-state index contributed by atoms with van der Waals surface area (Å²) >= 11 is 0. The number of amides is 1. The first-order valence-electron chi connectivity index (χ1n) is 8.40. The van der Waals surface area contributed by atoms with Crippen LogP contribution in [0.2, 0.25) is 0 Å². The van der Waals surface area contributed by atoms with Crippen LogP contribution >= 0.6 is 0 Å². The van der Waals surface area contributed by atoms with Crippen molar-refractivity contribution in [2.75, 3.05) is 38.8 Å². The van der Waals surface area contributed by atoms with Crippen LogP contribution in [-0.2, 0) is 4.74 Å². The van der Waals surface area contributed by atoms with Gasteiger partial charge in [0, 0.05) is 36.5 Å². The predicted octanol–water partition coefficient (Wildman–Crippen LogP) is 3.16. The molecule has 0 aliphatic carbocycles. The van der Waals surface area contributed by atoms with Gasteiger partial charge < -0.3 is 25.3 Å². The second kappa shape index (κ2) is 10.9. The highest BCUT2D eigenvalue weighted by atomic mass is 19.1. The molecule has 2 aromatic rings. The Kier molecular flexibility index (Phi) is 8.28. The van der Waals surface area contributed by atoms with Crippen LogP contribution in [0.1, 0.15) is 10.4 Å². The molecule has 0 radical (unpaired) electrons. The number of hydrogen-bond acceptors (Lipinski definition) is 5. The van der Waals surface area contributed by atoms with Gasteiger partial charge in [0.25, 0.3) is 5.91 Å². The number of methoxy groups -OCH3 is 1. The fourth-order valence-corrected chi connectivity index (χ4v) is 2.12. The number of carbonyl (C=O) groups excluding carboxylic acids is 1. The molecule has 144 valence electrons. The Labute approximate surface area is 157 Å². The Bertz CT molecular complexity index is 763. The van der Waals surface area contributed by atoms with Crippen LogP contribution in [0.15, 0.2) is 60.4 Å². The maximum Gasteiger partial charge on any atom is 0.255 e. The minimum absolute atomic E-state index is 0.0639. The molecule has 0 aromatic heterocycles. The van der Waals surface area contributed by atoms with Crippen LogP contribution in [0.5, 0.6) is 11.5 Å². The summed E-state index contributed by atoms with van der Waals surface area (Å²) in [6.45, 7) is 1.07. The zero-order valence-corrected chi connectivity index (χ0v) is 15.1. The summed E-state index contributed by atoms with van der Waals surface area (Å²) in [5.74, 6) is 0.903. The summed E-state index contributed by atoms with van der Waals surface area (Å²) in [6, 6.07) is 13.7. The van der Waals surface area contributed by atoms with Gasteiger partial charge in [-0.1, -0.05) is 6.07 Å². The van der Waals surface area contributed by atoms with Gasteiger partial charge in [0.2, 0.25) is 0 Å². The van der Waals surface area contributed by atoms with E-state index in [2.05, 4.69) is 5.32 Å². The molecule has 0 saturated carbocycles. The second-order valence-corrected chi connectivity index (χ2v) is 5.61. The SMILES string of the molecule is COCCOc1cccc(NC(=O)c2ccc(OCC(=CF)CN)cc2)c1. The Morgan fingerprint density at radius 2 is 1.89 bits per heavy atom. The van der Waals surface area contributed by atoms with Crippen molar-refractivity contribution in [2.24, 2.45) is 5.73 Å². The highest BCUT2D eigenvalue weighted by Gasteiger charge is 2.07. The maximum atomic E-state index is 12.5. The number of benzene rings is 2. The normalized spacial score (nSPS) is 11.1. The molecule has 0 aliphatic heterocycles. The molecule has 0 unspecified atom stereocenters. The first-order valence-corrected chi connectivity index (χ1v) is 8.40. The minimum atomic E-state index is -0.262. The van der Waals surface area contributed by atoms with Crippen molar-refractivity contribution < 1.29 is 23.4 Å². The molecule has 0 saturated heterocycles. The second-order valence-electron chi connectivity index (χ2n) is 5.61. The molecule has 0 spiro atoms. The largest absolute Gasteiger partial charge is 0.491 e. The first-order chi connectivity index (χ1) is 13.2. The lowest BCUT2D eigenvalue weighted by molar-refractivity contribution is 0.102. The van der Waals surface area contributed by atoms with Gasteiger partial charge in [0.1, 0.15) is 24.7 Å². The van der Waals surface area contributed by atoms with Gasteiger partial charge >= 0.3 is 0 Å². The molecule has 0 aliphatic rings. The summed E-state index contributed by atoms with van der Waals surface area (Å²) in [5, 5.41) is 2.81. The Hall–Kier alpha value is -2.90. The van der Waals surface area contributed by atoms with Gasteiger partial charge in [-0.05, 0) is 36.4 Å². The van der Waals surface area contributed by atoms with Crippen LogP contribution in [0, 0.1) is 0 Å². The van der Waals surface area contributed by atoms with Crippen LogP contribution < -0.4 is 20.5 Å². The van der Waals surface area contributed by atoms with E-state index in [1.807, 2.05) is 0 Å². The van der Waals surface area contributed by atoms with E-state index in [9.17, 15) is 9.18 Å². The number of ether oxygens (including phenoxy) is 3. The van der Waals surface area contributed by atoms with Crippen molar-refractivity contribution in [3.05, 3.63) is 66.0 Å². The fraction of sp³-hybridized carbons (Fsp3) is 0.250. The maximum absolute atomic E-state index is 12.5. The number of halogens is 1. The Balaban J connectivity index is 1.93. The minimum Gasteiger partial charge on any atom is -0.491 e. The fourth-order valence-electron chi connectivity index (χ4n) is 2.12. The summed E-state index contributed by atoms with van der Waals surface area (Å²) in [6.07, 6.45) is 0.439. The molecule has 0 bridgehead atoms. The predicted molar refractivity (Wildman–Crippen MR) is 102 cm³/mol. The lowest BCUT2D eigenvalue weighted by atomic mass is 10.2. The average Bonchev–Trinajstić information content (AvgIpc) is 2.70. The number of nitrogens with one attached hydrogen (secondary N) is 1.